The molecule has 0 bridgehead atoms. The molecule has 3 aromatic rings. The van der Waals surface area contributed by atoms with E-state index in [0.717, 1.165) is 24.1 Å². The predicted molar refractivity (Wildman–Crippen MR) is 125 cm³/mol. The van der Waals surface area contributed by atoms with Gasteiger partial charge in [-0.15, -0.1) is 0 Å². The highest BCUT2D eigenvalue weighted by Gasteiger charge is 2.31. The molecular weight excluding hydrogens is 468 g/mol. The molecule has 0 spiro atoms. The van der Waals surface area contributed by atoms with E-state index in [4.69, 9.17) is 25.8 Å². The maximum absolute atomic E-state index is 16.2. The van der Waals surface area contributed by atoms with Gasteiger partial charge in [0.2, 0.25) is 5.91 Å². The normalized spacial score (nSPS) is 10.6. The van der Waals surface area contributed by atoms with Crippen molar-refractivity contribution in [2.75, 3.05) is 26.2 Å². The van der Waals surface area contributed by atoms with E-state index in [-0.39, 0.29) is 39.7 Å². The molecule has 0 saturated heterocycles. The second kappa shape index (κ2) is 10.5. The van der Waals surface area contributed by atoms with Crippen LogP contribution in [0.2, 0.25) is 5.02 Å². The number of esters is 1. The molecule has 0 heterocycles. The Morgan fingerprint density at radius 2 is 1.65 bits per heavy atom. The van der Waals surface area contributed by atoms with Crippen molar-refractivity contribution in [2.45, 2.75) is 13.5 Å². The van der Waals surface area contributed by atoms with Gasteiger partial charge in [-0.2, -0.15) is 0 Å². The molecule has 0 aliphatic carbocycles. The summed E-state index contributed by atoms with van der Waals surface area (Å²) in [4.78, 5) is 26.3. The number of halogens is 3. The van der Waals surface area contributed by atoms with Crippen LogP contribution in [0, 0.1) is 11.6 Å². The summed E-state index contributed by atoms with van der Waals surface area (Å²) in [5.74, 6) is -2.71. The quantitative estimate of drug-likeness (QED) is 0.402. The molecule has 0 saturated carbocycles. The minimum absolute atomic E-state index is 0.0297. The van der Waals surface area contributed by atoms with Gasteiger partial charge in [-0.05, 0) is 35.9 Å². The van der Waals surface area contributed by atoms with Crippen molar-refractivity contribution in [1.82, 2.24) is 0 Å². The maximum atomic E-state index is 16.2. The number of hydrogen-bond donors (Lipinski definition) is 0. The molecule has 0 aliphatic rings. The Morgan fingerprint density at radius 1 is 0.971 bits per heavy atom. The summed E-state index contributed by atoms with van der Waals surface area (Å²) in [5.41, 5.74) is -0.628. The molecular formula is C25H22ClF2NO5. The fraction of sp³-hybridized carbons (Fsp3) is 0.200. The average molecular weight is 490 g/mol. The molecule has 9 heteroatoms. The fourth-order valence-electron chi connectivity index (χ4n) is 3.55. The van der Waals surface area contributed by atoms with Crippen LogP contribution in [0.25, 0.3) is 11.1 Å². The standard InChI is InChI=1S/C25H22ClF2NO5/c1-14(30)29(13-15-8-10-16(32-2)11-9-15)24-17(25(31)34-4)12-18(26)21(23(24)28)22-19(27)6-5-7-20(22)33-3/h5-12H,13H2,1-4H3. The third-order valence-corrected chi connectivity index (χ3v) is 5.49. The highest BCUT2D eigenvalue weighted by atomic mass is 35.5. The molecule has 3 aromatic carbocycles. The summed E-state index contributed by atoms with van der Waals surface area (Å²) < 4.78 is 46.1. The van der Waals surface area contributed by atoms with Crippen molar-refractivity contribution in [2.24, 2.45) is 0 Å². The lowest BCUT2D eigenvalue weighted by atomic mass is 9.98. The van der Waals surface area contributed by atoms with Crippen LogP contribution in [0.3, 0.4) is 0 Å². The molecule has 0 aromatic heterocycles. The lowest BCUT2D eigenvalue weighted by Gasteiger charge is -2.26. The number of benzene rings is 3. The van der Waals surface area contributed by atoms with Gasteiger partial charge in [-0.1, -0.05) is 29.8 Å². The Labute approximate surface area is 200 Å². The van der Waals surface area contributed by atoms with Crippen LogP contribution >= 0.6 is 11.6 Å². The maximum Gasteiger partial charge on any atom is 0.340 e. The van der Waals surface area contributed by atoms with Gasteiger partial charge in [-0.3, -0.25) is 4.79 Å². The summed E-state index contributed by atoms with van der Waals surface area (Å²) in [6, 6.07) is 11.9. The third kappa shape index (κ3) is 4.82. The number of carbonyl (C=O) groups is 2. The first-order valence-electron chi connectivity index (χ1n) is 10.1. The topological polar surface area (TPSA) is 65.1 Å². The molecule has 6 nitrogen and oxygen atoms in total. The summed E-state index contributed by atoms with van der Waals surface area (Å²) in [7, 11) is 3.94. The van der Waals surface area contributed by atoms with Crippen LogP contribution in [0.1, 0.15) is 22.8 Å². The third-order valence-electron chi connectivity index (χ3n) is 5.19. The van der Waals surface area contributed by atoms with E-state index in [2.05, 4.69) is 0 Å². The average Bonchev–Trinajstić information content (AvgIpc) is 2.83. The van der Waals surface area contributed by atoms with Crippen LogP contribution < -0.4 is 14.4 Å². The summed E-state index contributed by atoms with van der Waals surface area (Å²) in [6.45, 7) is 1.14. The van der Waals surface area contributed by atoms with Crippen molar-refractivity contribution in [3.63, 3.8) is 0 Å². The monoisotopic (exact) mass is 489 g/mol. The van der Waals surface area contributed by atoms with E-state index < -0.39 is 23.5 Å². The van der Waals surface area contributed by atoms with Gasteiger partial charge >= 0.3 is 5.97 Å². The summed E-state index contributed by atoms with van der Waals surface area (Å²) in [5, 5.41) is -0.252. The lowest BCUT2D eigenvalue weighted by Crippen LogP contribution is -2.31. The molecule has 0 N–H and O–H groups in total. The van der Waals surface area contributed by atoms with Crippen LogP contribution in [-0.4, -0.2) is 33.2 Å². The first-order valence-corrected chi connectivity index (χ1v) is 10.5. The minimum atomic E-state index is -1.07. The Morgan fingerprint density at radius 3 is 2.21 bits per heavy atom. The van der Waals surface area contributed by atoms with E-state index in [1.807, 2.05) is 0 Å². The lowest BCUT2D eigenvalue weighted by molar-refractivity contribution is -0.116. The fourth-order valence-corrected chi connectivity index (χ4v) is 3.83. The zero-order valence-electron chi connectivity index (χ0n) is 18.9. The van der Waals surface area contributed by atoms with Crippen LogP contribution in [0.15, 0.2) is 48.5 Å². The zero-order valence-corrected chi connectivity index (χ0v) is 19.7. The zero-order chi connectivity index (χ0) is 25.0. The van der Waals surface area contributed by atoms with Crippen molar-refractivity contribution < 1.29 is 32.6 Å². The number of carbonyl (C=O) groups excluding carboxylic acids is 2. The van der Waals surface area contributed by atoms with E-state index in [1.165, 1.54) is 33.3 Å². The predicted octanol–water partition coefficient (Wildman–Crippen LogP) is 5.64. The van der Waals surface area contributed by atoms with Crippen LogP contribution in [-0.2, 0) is 16.1 Å². The number of anilines is 1. The molecule has 1 amide bonds. The molecule has 3 rings (SSSR count). The first-order chi connectivity index (χ1) is 16.2. The van der Waals surface area contributed by atoms with E-state index in [0.29, 0.717) is 11.3 Å². The van der Waals surface area contributed by atoms with E-state index in [9.17, 15) is 14.0 Å². The van der Waals surface area contributed by atoms with Crippen molar-refractivity contribution in [3.05, 3.63) is 76.3 Å². The second-order valence-electron chi connectivity index (χ2n) is 7.21. The second-order valence-corrected chi connectivity index (χ2v) is 7.61. The van der Waals surface area contributed by atoms with Crippen LogP contribution in [0.5, 0.6) is 11.5 Å². The number of amides is 1. The minimum Gasteiger partial charge on any atom is -0.497 e. The van der Waals surface area contributed by atoms with Gasteiger partial charge in [0, 0.05) is 12.5 Å². The summed E-state index contributed by atoms with van der Waals surface area (Å²) in [6.07, 6.45) is 0. The SMILES string of the molecule is COC(=O)c1cc(Cl)c(-c2c(F)cccc2OC)c(F)c1N(Cc1ccc(OC)cc1)C(C)=O. The Kier molecular flexibility index (Phi) is 7.73. The number of hydrogen-bond acceptors (Lipinski definition) is 5. The highest BCUT2D eigenvalue weighted by Crippen LogP contribution is 2.44. The van der Waals surface area contributed by atoms with Gasteiger partial charge in [-0.25, -0.2) is 13.6 Å². The highest BCUT2D eigenvalue weighted by molar-refractivity contribution is 6.34. The smallest absolute Gasteiger partial charge is 0.340 e. The van der Waals surface area contributed by atoms with Gasteiger partial charge in [0.1, 0.15) is 17.3 Å². The van der Waals surface area contributed by atoms with Crippen molar-refractivity contribution >= 4 is 29.2 Å². The molecule has 0 unspecified atom stereocenters. The van der Waals surface area contributed by atoms with Gasteiger partial charge in [0.25, 0.3) is 0 Å². The van der Waals surface area contributed by atoms with Crippen LogP contribution in [0.4, 0.5) is 14.5 Å². The first kappa shape index (κ1) is 25.0. The Balaban J connectivity index is 2.29. The van der Waals surface area contributed by atoms with Gasteiger partial charge in [0.15, 0.2) is 5.82 Å². The summed E-state index contributed by atoms with van der Waals surface area (Å²) >= 11 is 6.33. The van der Waals surface area contributed by atoms with E-state index in [1.54, 1.807) is 24.3 Å². The van der Waals surface area contributed by atoms with Gasteiger partial charge < -0.3 is 19.1 Å². The largest absolute Gasteiger partial charge is 0.497 e. The molecule has 0 fully saturated rings. The number of nitrogens with zero attached hydrogens (tertiary/aromatic N) is 1. The Bertz CT molecular complexity index is 1230. The van der Waals surface area contributed by atoms with E-state index >= 15 is 4.39 Å². The van der Waals surface area contributed by atoms with Gasteiger partial charge in [0.05, 0.1) is 49.7 Å². The molecule has 0 aliphatic heterocycles. The Hall–Kier alpha value is -3.65. The number of ether oxygens (including phenoxy) is 3. The number of methoxy groups -OCH3 is 3. The van der Waals surface area contributed by atoms with Crippen molar-refractivity contribution in [3.8, 4) is 22.6 Å². The molecule has 34 heavy (non-hydrogen) atoms. The molecule has 0 atom stereocenters. The van der Waals surface area contributed by atoms with Crippen molar-refractivity contribution in [1.29, 1.82) is 0 Å². The molecule has 178 valence electrons. The number of rotatable bonds is 7. The molecule has 0 radical (unpaired) electrons.